The molecule has 1 unspecified atom stereocenters. The summed E-state index contributed by atoms with van der Waals surface area (Å²) >= 11 is 0. The Kier molecular flexibility index (Phi) is 5.55. The lowest BCUT2D eigenvalue weighted by atomic mass is 9.78. The predicted octanol–water partition coefficient (Wildman–Crippen LogP) is 5.63. The number of fused-ring (bicyclic) bond motifs is 1. The summed E-state index contributed by atoms with van der Waals surface area (Å²) in [6.45, 7) is 7.80. The largest absolute Gasteiger partial charge is 0.354 e. The molecule has 0 bridgehead atoms. The molecule has 0 saturated carbocycles. The highest BCUT2D eigenvalue weighted by Gasteiger charge is 2.52. The van der Waals surface area contributed by atoms with Crippen molar-refractivity contribution in [3.63, 3.8) is 0 Å². The van der Waals surface area contributed by atoms with Crippen molar-refractivity contribution in [3.8, 4) is 0 Å². The summed E-state index contributed by atoms with van der Waals surface area (Å²) < 4.78 is 7.14. The first-order valence-corrected chi connectivity index (χ1v) is 10.00. The molecule has 26 heavy (non-hydrogen) atoms. The van der Waals surface area contributed by atoms with Crippen LogP contribution in [0.25, 0.3) is 0 Å². The van der Waals surface area contributed by atoms with E-state index in [-0.39, 0.29) is 11.2 Å². The Morgan fingerprint density at radius 1 is 0.846 bits per heavy atom. The van der Waals surface area contributed by atoms with Crippen LogP contribution in [-0.2, 0) is 15.9 Å². The van der Waals surface area contributed by atoms with E-state index < -0.39 is 0 Å². The second-order valence-corrected chi connectivity index (χ2v) is 7.90. The highest BCUT2D eigenvalue weighted by molar-refractivity contribution is 5.50. The smallest absolute Gasteiger partial charge is 0.120 e. The lowest BCUT2D eigenvalue weighted by Crippen LogP contribution is -2.34. The van der Waals surface area contributed by atoms with Crippen molar-refractivity contribution in [3.05, 3.63) is 70.8 Å². The molecule has 1 aliphatic rings. The second-order valence-electron chi connectivity index (χ2n) is 7.90. The summed E-state index contributed by atoms with van der Waals surface area (Å²) in [5, 5.41) is 0. The van der Waals surface area contributed by atoms with Crippen LogP contribution in [0, 0.1) is 6.92 Å². The lowest BCUT2D eigenvalue weighted by Gasteiger charge is -2.37. The van der Waals surface area contributed by atoms with Crippen LogP contribution < -0.4 is 0 Å². The van der Waals surface area contributed by atoms with Gasteiger partial charge in [-0.1, -0.05) is 62.4 Å². The third-order valence-electron chi connectivity index (χ3n) is 6.08. The molecule has 0 aliphatic carbocycles. The summed E-state index contributed by atoms with van der Waals surface area (Å²) in [6.07, 6.45) is 4.12. The Hall–Kier alpha value is -1.64. The van der Waals surface area contributed by atoms with Gasteiger partial charge in [-0.25, -0.2) is 0 Å². The third kappa shape index (κ3) is 3.10. The van der Waals surface area contributed by atoms with Crippen LogP contribution in [0.1, 0.15) is 61.8 Å². The fraction of sp³-hybridized carbons (Fsp3) is 0.500. The lowest BCUT2D eigenvalue weighted by molar-refractivity contribution is -0.131. The molecule has 0 fully saturated rings. The molecule has 2 nitrogen and oxygen atoms in total. The molecule has 3 rings (SSSR count). The zero-order chi connectivity index (χ0) is 18.8. The summed E-state index contributed by atoms with van der Waals surface area (Å²) in [5.41, 5.74) is 4.88. The van der Waals surface area contributed by atoms with Gasteiger partial charge >= 0.3 is 0 Å². The Balaban J connectivity index is 2.17. The van der Waals surface area contributed by atoms with E-state index in [1.807, 2.05) is 0 Å². The highest BCUT2D eigenvalue weighted by Crippen LogP contribution is 2.55. The summed E-state index contributed by atoms with van der Waals surface area (Å²) in [4.78, 5) is 2.26. The number of ether oxygens (including phenoxy) is 1. The Labute approximate surface area is 159 Å². The quantitative estimate of drug-likeness (QED) is 0.641. The first-order valence-electron chi connectivity index (χ1n) is 10.00. The molecule has 0 N–H and O–H groups in total. The molecule has 2 aromatic carbocycles. The molecule has 0 radical (unpaired) electrons. The average molecular weight is 352 g/mol. The van der Waals surface area contributed by atoms with Gasteiger partial charge in [-0.05, 0) is 75.5 Å². The van der Waals surface area contributed by atoms with Gasteiger partial charge in [-0.15, -0.1) is 0 Å². The van der Waals surface area contributed by atoms with Crippen LogP contribution in [0.2, 0.25) is 0 Å². The van der Waals surface area contributed by atoms with E-state index in [0.717, 1.165) is 32.2 Å². The predicted molar refractivity (Wildman–Crippen MR) is 110 cm³/mol. The minimum absolute atomic E-state index is 0.184. The Bertz CT molecular complexity index is 747. The van der Waals surface area contributed by atoms with E-state index in [1.54, 1.807) is 0 Å². The third-order valence-corrected chi connectivity index (χ3v) is 6.08. The molecule has 2 aromatic rings. The molecule has 0 amide bonds. The van der Waals surface area contributed by atoms with Crippen LogP contribution in [0.5, 0.6) is 0 Å². The highest BCUT2D eigenvalue weighted by atomic mass is 16.5. The van der Waals surface area contributed by atoms with Gasteiger partial charge in [0.1, 0.15) is 5.60 Å². The topological polar surface area (TPSA) is 12.5 Å². The standard InChI is InChI=1S/C24H33NO/c1-6-23(7-2)21-15-10-11-16-22(21)24(26-23,17-12-18-25(4)5)20-14-9-8-13-19(20)3/h8-11,13-16H,6-7,12,17-18H2,1-5H3. The summed E-state index contributed by atoms with van der Waals surface area (Å²) in [7, 11) is 4.29. The van der Waals surface area contributed by atoms with E-state index in [0.29, 0.717) is 0 Å². The van der Waals surface area contributed by atoms with Crippen molar-refractivity contribution in [2.75, 3.05) is 20.6 Å². The van der Waals surface area contributed by atoms with E-state index in [9.17, 15) is 0 Å². The number of nitrogens with zero attached hydrogens (tertiary/aromatic N) is 1. The maximum absolute atomic E-state index is 7.14. The van der Waals surface area contributed by atoms with Crippen molar-refractivity contribution in [1.82, 2.24) is 4.90 Å². The monoisotopic (exact) mass is 351 g/mol. The number of benzene rings is 2. The maximum Gasteiger partial charge on any atom is 0.120 e. The van der Waals surface area contributed by atoms with Crippen molar-refractivity contribution < 1.29 is 4.74 Å². The van der Waals surface area contributed by atoms with Gasteiger partial charge < -0.3 is 9.64 Å². The molecule has 1 aliphatic heterocycles. The first-order chi connectivity index (χ1) is 12.5. The molecular weight excluding hydrogens is 318 g/mol. The first kappa shape index (κ1) is 19.1. The van der Waals surface area contributed by atoms with Crippen molar-refractivity contribution in [1.29, 1.82) is 0 Å². The summed E-state index contributed by atoms with van der Waals surface area (Å²) in [6, 6.07) is 17.7. The fourth-order valence-electron chi connectivity index (χ4n) is 4.64. The average Bonchev–Trinajstić information content (AvgIpc) is 2.94. The van der Waals surface area contributed by atoms with Gasteiger partial charge in [0.2, 0.25) is 0 Å². The maximum atomic E-state index is 7.14. The van der Waals surface area contributed by atoms with Crippen molar-refractivity contribution in [2.45, 2.75) is 57.7 Å². The normalized spacial score (nSPS) is 21.2. The number of aryl methyl sites for hydroxylation is 1. The van der Waals surface area contributed by atoms with E-state index in [2.05, 4.69) is 88.3 Å². The van der Waals surface area contributed by atoms with E-state index in [1.165, 1.54) is 22.3 Å². The van der Waals surface area contributed by atoms with Crippen LogP contribution in [0.15, 0.2) is 48.5 Å². The number of rotatable bonds is 7. The minimum atomic E-state index is -0.343. The summed E-state index contributed by atoms with van der Waals surface area (Å²) in [5.74, 6) is 0. The van der Waals surface area contributed by atoms with Crippen LogP contribution in [0.4, 0.5) is 0 Å². The van der Waals surface area contributed by atoms with Gasteiger partial charge in [0.15, 0.2) is 0 Å². The second kappa shape index (κ2) is 7.54. The Morgan fingerprint density at radius 2 is 1.42 bits per heavy atom. The molecular formula is C24H33NO. The molecule has 0 aromatic heterocycles. The molecule has 1 heterocycles. The Morgan fingerprint density at radius 3 is 2.00 bits per heavy atom. The van der Waals surface area contributed by atoms with Gasteiger partial charge in [0.05, 0.1) is 5.60 Å². The molecule has 0 spiro atoms. The number of hydrogen-bond donors (Lipinski definition) is 0. The van der Waals surface area contributed by atoms with Crippen molar-refractivity contribution in [2.24, 2.45) is 0 Å². The zero-order valence-electron chi connectivity index (χ0n) is 17.0. The van der Waals surface area contributed by atoms with Crippen molar-refractivity contribution >= 4 is 0 Å². The van der Waals surface area contributed by atoms with Crippen LogP contribution in [0.3, 0.4) is 0 Å². The van der Waals surface area contributed by atoms with Gasteiger partial charge in [-0.2, -0.15) is 0 Å². The molecule has 2 heteroatoms. The van der Waals surface area contributed by atoms with Crippen LogP contribution in [-0.4, -0.2) is 25.5 Å². The van der Waals surface area contributed by atoms with Gasteiger partial charge in [0.25, 0.3) is 0 Å². The SMILES string of the molecule is CCC1(CC)OC(CCCN(C)C)(c2ccccc2C)c2ccccc21. The molecule has 1 atom stereocenters. The minimum Gasteiger partial charge on any atom is -0.354 e. The van der Waals surface area contributed by atoms with Gasteiger partial charge in [0, 0.05) is 0 Å². The van der Waals surface area contributed by atoms with E-state index >= 15 is 0 Å². The zero-order valence-corrected chi connectivity index (χ0v) is 17.0. The van der Waals surface area contributed by atoms with Gasteiger partial charge in [-0.3, -0.25) is 0 Å². The van der Waals surface area contributed by atoms with E-state index in [4.69, 9.17) is 4.74 Å². The molecule has 140 valence electrons. The fourth-order valence-corrected chi connectivity index (χ4v) is 4.64. The van der Waals surface area contributed by atoms with Crippen LogP contribution >= 0.6 is 0 Å². The molecule has 0 saturated heterocycles. The number of hydrogen-bond acceptors (Lipinski definition) is 2.